The number of amides is 1. The van der Waals surface area contributed by atoms with Crippen molar-refractivity contribution in [1.29, 1.82) is 0 Å². The van der Waals surface area contributed by atoms with Crippen LogP contribution in [0, 0.1) is 10.1 Å². The zero-order valence-corrected chi connectivity index (χ0v) is 16.6. The Labute approximate surface area is 181 Å². The topological polar surface area (TPSA) is 124 Å². The molecule has 0 saturated heterocycles. The average molecular weight is 428 g/mol. The van der Waals surface area contributed by atoms with Crippen molar-refractivity contribution in [2.45, 2.75) is 0 Å². The lowest BCUT2D eigenvalue weighted by Crippen LogP contribution is -2.21. The number of hydrogen-bond donors (Lipinski definition) is 1. The number of nitro benzene ring substituents is 1. The molecule has 0 atom stereocenters. The van der Waals surface area contributed by atoms with Crippen LogP contribution in [-0.2, 0) is 9.53 Å². The van der Waals surface area contributed by atoms with Gasteiger partial charge in [-0.2, -0.15) is 0 Å². The van der Waals surface area contributed by atoms with E-state index in [2.05, 4.69) is 15.3 Å². The summed E-state index contributed by atoms with van der Waals surface area (Å²) in [7, 11) is 0. The van der Waals surface area contributed by atoms with Gasteiger partial charge in [-0.15, -0.1) is 0 Å². The Morgan fingerprint density at radius 1 is 1.00 bits per heavy atom. The van der Waals surface area contributed by atoms with Crippen LogP contribution in [0.1, 0.15) is 10.4 Å². The zero-order valence-electron chi connectivity index (χ0n) is 16.6. The fraction of sp³-hybridized carbons (Fsp3) is 0.0435. The fourth-order valence-electron chi connectivity index (χ4n) is 3.15. The van der Waals surface area contributed by atoms with E-state index in [1.54, 1.807) is 60.9 Å². The highest BCUT2D eigenvalue weighted by molar-refractivity contribution is 6.05. The van der Waals surface area contributed by atoms with E-state index in [0.717, 1.165) is 5.56 Å². The number of rotatable bonds is 6. The number of para-hydroxylation sites is 3. The predicted octanol–water partition coefficient (Wildman–Crippen LogP) is 4.00. The third kappa shape index (κ3) is 4.41. The first-order chi connectivity index (χ1) is 15.5. The number of aromatic nitrogens is 2. The van der Waals surface area contributed by atoms with Crippen LogP contribution in [0.2, 0.25) is 0 Å². The van der Waals surface area contributed by atoms with Gasteiger partial charge in [-0.3, -0.25) is 19.9 Å². The SMILES string of the molecule is O=C(COC(=O)c1cc(-c2ccncc2)nc2ccccc12)Nc1ccccc1[N+](=O)[O-]. The molecule has 0 radical (unpaired) electrons. The summed E-state index contributed by atoms with van der Waals surface area (Å²) in [5.74, 6) is -1.41. The Bertz CT molecular complexity index is 1320. The smallest absolute Gasteiger partial charge is 0.339 e. The van der Waals surface area contributed by atoms with E-state index >= 15 is 0 Å². The van der Waals surface area contributed by atoms with Crippen molar-refractivity contribution in [2.24, 2.45) is 0 Å². The molecule has 0 aliphatic heterocycles. The minimum Gasteiger partial charge on any atom is -0.452 e. The lowest BCUT2D eigenvalue weighted by atomic mass is 10.0. The quantitative estimate of drug-likeness (QED) is 0.280. The summed E-state index contributed by atoms with van der Waals surface area (Å²) in [5.41, 5.74) is 1.94. The lowest BCUT2D eigenvalue weighted by Gasteiger charge is -2.10. The molecule has 9 nitrogen and oxygen atoms in total. The molecular formula is C23H16N4O5. The number of pyridine rings is 2. The van der Waals surface area contributed by atoms with Crippen LogP contribution in [0.3, 0.4) is 0 Å². The molecule has 2 aromatic heterocycles. The molecule has 0 aliphatic rings. The summed E-state index contributed by atoms with van der Waals surface area (Å²) in [6.07, 6.45) is 3.24. The molecule has 4 rings (SSSR count). The highest BCUT2D eigenvalue weighted by atomic mass is 16.6. The van der Waals surface area contributed by atoms with Crippen LogP contribution in [-0.4, -0.2) is 33.4 Å². The highest BCUT2D eigenvalue weighted by Gasteiger charge is 2.18. The van der Waals surface area contributed by atoms with Crippen LogP contribution in [0.25, 0.3) is 22.2 Å². The van der Waals surface area contributed by atoms with E-state index in [1.165, 1.54) is 18.2 Å². The number of carbonyl (C=O) groups excluding carboxylic acids is 2. The van der Waals surface area contributed by atoms with Crippen molar-refractivity contribution >= 4 is 34.2 Å². The number of carbonyl (C=O) groups is 2. The Balaban J connectivity index is 1.55. The molecule has 0 bridgehead atoms. The Hall–Kier alpha value is -4.66. The average Bonchev–Trinajstić information content (AvgIpc) is 2.82. The maximum absolute atomic E-state index is 12.8. The molecule has 2 aromatic carbocycles. The number of nitrogens with one attached hydrogen (secondary N) is 1. The summed E-state index contributed by atoms with van der Waals surface area (Å²) < 4.78 is 5.20. The normalized spacial score (nSPS) is 10.5. The van der Waals surface area contributed by atoms with Gasteiger partial charge in [0, 0.05) is 29.4 Å². The standard InChI is InChI=1S/C23H16N4O5/c28-22(26-19-7-3-4-8-21(19)27(30)31)14-32-23(29)17-13-20(15-9-11-24-12-10-15)25-18-6-2-1-5-16(17)18/h1-13H,14H2,(H,26,28). The number of hydrogen-bond acceptors (Lipinski definition) is 7. The van der Waals surface area contributed by atoms with Crippen LogP contribution < -0.4 is 5.32 Å². The zero-order chi connectivity index (χ0) is 22.5. The van der Waals surface area contributed by atoms with Crippen LogP contribution in [0.4, 0.5) is 11.4 Å². The number of esters is 1. The fourth-order valence-corrected chi connectivity index (χ4v) is 3.15. The molecule has 0 spiro atoms. The van der Waals surface area contributed by atoms with Gasteiger partial charge in [0.1, 0.15) is 5.69 Å². The summed E-state index contributed by atoms with van der Waals surface area (Å²) in [4.78, 5) is 44.1. The first-order valence-corrected chi connectivity index (χ1v) is 9.53. The van der Waals surface area contributed by atoms with E-state index in [-0.39, 0.29) is 16.9 Å². The van der Waals surface area contributed by atoms with Gasteiger partial charge in [-0.05, 0) is 30.3 Å². The number of benzene rings is 2. The Morgan fingerprint density at radius 2 is 1.72 bits per heavy atom. The van der Waals surface area contributed by atoms with Gasteiger partial charge in [0.2, 0.25) is 0 Å². The van der Waals surface area contributed by atoms with Gasteiger partial charge in [0.05, 0.1) is 21.7 Å². The molecule has 1 amide bonds. The molecule has 0 fully saturated rings. The summed E-state index contributed by atoms with van der Waals surface area (Å²) in [6.45, 7) is -0.605. The van der Waals surface area contributed by atoms with Gasteiger partial charge in [0.15, 0.2) is 6.61 Å². The minimum atomic E-state index is -0.711. The molecule has 2 heterocycles. The van der Waals surface area contributed by atoms with Gasteiger partial charge in [0.25, 0.3) is 11.6 Å². The molecule has 32 heavy (non-hydrogen) atoms. The van der Waals surface area contributed by atoms with Gasteiger partial charge in [-0.25, -0.2) is 9.78 Å². The summed E-state index contributed by atoms with van der Waals surface area (Å²) in [5, 5.41) is 14.1. The summed E-state index contributed by atoms with van der Waals surface area (Å²) in [6, 6.07) is 17.9. The van der Waals surface area contributed by atoms with Crippen LogP contribution in [0.15, 0.2) is 79.1 Å². The number of anilines is 1. The number of ether oxygens (including phenoxy) is 1. The van der Waals surface area contributed by atoms with Gasteiger partial charge < -0.3 is 10.1 Å². The van der Waals surface area contributed by atoms with Crippen molar-refractivity contribution in [3.63, 3.8) is 0 Å². The largest absolute Gasteiger partial charge is 0.452 e. The first-order valence-electron chi connectivity index (χ1n) is 9.53. The maximum atomic E-state index is 12.8. The molecule has 0 unspecified atom stereocenters. The van der Waals surface area contributed by atoms with E-state index in [9.17, 15) is 19.7 Å². The number of fused-ring (bicyclic) bond motifs is 1. The molecule has 1 N–H and O–H groups in total. The van der Waals surface area contributed by atoms with Crippen molar-refractivity contribution in [1.82, 2.24) is 9.97 Å². The van der Waals surface area contributed by atoms with Crippen LogP contribution in [0.5, 0.6) is 0 Å². The van der Waals surface area contributed by atoms with E-state index < -0.39 is 23.4 Å². The molecule has 0 aliphatic carbocycles. The van der Waals surface area contributed by atoms with Gasteiger partial charge >= 0.3 is 5.97 Å². The molecular weight excluding hydrogens is 412 g/mol. The lowest BCUT2D eigenvalue weighted by molar-refractivity contribution is -0.383. The van der Waals surface area contributed by atoms with E-state index in [0.29, 0.717) is 16.6 Å². The third-order valence-corrected chi connectivity index (χ3v) is 4.62. The Kier molecular flexibility index (Phi) is 5.80. The highest BCUT2D eigenvalue weighted by Crippen LogP contribution is 2.26. The first kappa shape index (κ1) is 20.6. The second-order valence-corrected chi connectivity index (χ2v) is 6.71. The molecule has 0 saturated carbocycles. The third-order valence-electron chi connectivity index (χ3n) is 4.62. The monoisotopic (exact) mass is 428 g/mol. The van der Waals surface area contributed by atoms with Crippen molar-refractivity contribution in [3.05, 3.63) is 94.8 Å². The number of nitrogens with zero attached hydrogens (tertiary/aromatic N) is 3. The molecule has 9 heteroatoms. The second kappa shape index (κ2) is 9.00. The maximum Gasteiger partial charge on any atom is 0.339 e. The minimum absolute atomic E-state index is 0.0212. The molecule has 4 aromatic rings. The molecule has 158 valence electrons. The van der Waals surface area contributed by atoms with Crippen molar-refractivity contribution in [3.8, 4) is 11.3 Å². The number of nitro groups is 1. The summed E-state index contributed by atoms with van der Waals surface area (Å²) >= 11 is 0. The van der Waals surface area contributed by atoms with Crippen LogP contribution >= 0.6 is 0 Å². The van der Waals surface area contributed by atoms with E-state index in [1.807, 2.05) is 0 Å². The van der Waals surface area contributed by atoms with E-state index in [4.69, 9.17) is 4.74 Å². The van der Waals surface area contributed by atoms with Gasteiger partial charge in [-0.1, -0.05) is 30.3 Å². The second-order valence-electron chi connectivity index (χ2n) is 6.71. The Morgan fingerprint density at radius 3 is 2.50 bits per heavy atom. The van der Waals surface area contributed by atoms with Crippen molar-refractivity contribution < 1.29 is 19.2 Å². The van der Waals surface area contributed by atoms with Crippen molar-refractivity contribution in [2.75, 3.05) is 11.9 Å². The predicted molar refractivity (Wildman–Crippen MR) is 117 cm³/mol.